The fourth-order valence-corrected chi connectivity index (χ4v) is 8.11. The summed E-state index contributed by atoms with van der Waals surface area (Å²) < 4.78 is 36.8. The zero-order valence-electron chi connectivity index (χ0n) is 24.5. The molecule has 0 fully saturated rings. The number of fused-ring (bicyclic) bond motifs is 2. The molecule has 1 atom stereocenters. The number of carbonyl (C=O) groups is 2. The summed E-state index contributed by atoms with van der Waals surface area (Å²) in [5.41, 5.74) is 2.28. The van der Waals surface area contributed by atoms with Gasteiger partial charge in [-0.3, -0.25) is 4.79 Å². The Labute approximate surface area is 285 Å². The molecule has 15 heteroatoms. The molecule has 4 aromatic rings. The number of benzene rings is 3. The number of aromatic nitrogens is 1. The van der Waals surface area contributed by atoms with Crippen LogP contribution in [0.2, 0.25) is 10.0 Å². The first-order valence-electron chi connectivity index (χ1n) is 14.2. The van der Waals surface area contributed by atoms with Gasteiger partial charge in [-0.15, -0.1) is 0 Å². The second-order valence-corrected chi connectivity index (χ2v) is 15.0. The van der Waals surface area contributed by atoms with Crippen LogP contribution < -0.4 is 24.8 Å². The van der Waals surface area contributed by atoms with E-state index in [1.807, 2.05) is 39.8 Å². The van der Waals surface area contributed by atoms with Crippen LogP contribution in [0.1, 0.15) is 24.8 Å². The molecule has 1 aliphatic heterocycles. The quantitative estimate of drug-likeness (QED) is 0.157. The van der Waals surface area contributed by atoms with E-state index in [1.54, 1.807) is 47.4 Å². The number of carboxylic acids is 1. The molecular formula is C31H29Cl2N4O6S3-. The van der Waals surface area contributed by atoms with Gasteiger partial charge in [0.15, 0.2) is 0 Å². The van der Waals surface area contributed by atoms with Crippen molar-refractivity contribution < 1.29 is 32.2 Å². The van der Waals surface area contributed by atoms with Gasteiger partial charge in [0, 0.05) is 52.0 Å². The van der Waals surface area contributed by atoms with Crippen molar-refractivity contribution in [3.8, 4) is 0 Å². The number of aliphatic carboxylic acids is 1. The van der Waals surface area contributed by atoms with Gasteiger partial charge in [0.1, 0.15) is 4.70 Å². The predicted molar refractivity (Wildman–Crippen MR) is 180 cm³/mol. The molecule has 0 bridgehead atoms. The monoisotopic (exact) mass is 719 g/mol. The third-order valence-electron chi connectivity index (χ3n) is 7.32. The van der Waals surface area contributed by atoms with Crippen LogP contribution in [0, 0.1) is 0 Å². The van der Waals surface area contributed by atoms with Crippen molar-refractivity contribution in [2.24, 2.45) is 0 Å². The van der Waals surface area contributed by atoms with Crippen LogP contribution in [0.15, 0.2) is 76.7 Å². The summed E-state index contributed by atoms with van der Waals surface area (Å²) in [5, 5.41) is 17.3. The zero-order valence-corrected chi connectivity index (χ0v) is 28.5. The maximum atomic E-state index is 13.1. The van der Waals surface area contributed by atoms with Crippen molar-refractivity contribution in [3.63, 3.8) is 0 Å². The van der Waals surface area contributed by atoms with E-state index in [0.717, 1.165) is 30.8 Å². The van der Waals surface area contributed by atoms with E-state index in [2.05, 4.69) is 5.32 Å². The molecule has 0 spiro atoms. The van der Waals surface area contributed by atoms with Gasteiger partial charge in [-0.1, -0.05) is 64.5 Å². The minimum absolute atomic E-state index is 0.0364. The van der Waals surface area contributed by atoms with Gasteiger partial charge >= 0.3 is 0 Å². The largest absolute Gasteiger partial charge is 0.748 e. The number of amides is 1. The molecule has 10 nitrogen and oxygen atoms in total. The van der Waals surface area contributed by atoms with Crippen molar-refractivity contribution in [1.29, 1.82) is 0 Å². The lowest BCUT2D eigenvalue weighted by molar-refractivity contribution is -0.672. The smallest absolute Gasteiger partial charge is 0.267 e. The normalized spacial score (nSPS) is 14.4. The second kappa shape index (κ2) is 14.6. The highest BCUT2D eigenvalue weighted by Crippen LogP contribution is 2.48. The molecule has 0 aliphatic carbocycles. The Morgan fingerprint density at radius 1 is 1.09 bits per heavy atom. The van der Waals surface area contributed by atoms with E-state index in [4.69, 9.17) is 23.2 Å². The molecule has 1 aliphatic rings. The molecule has 46 heavy (non-hydrogen) atoms. The summed E-state index contributed by atoms with van der Waals surface area (Å²) in [7, 11) is -4.38. The number of carboxylic acid groups (broad SMARTS) is 1. The van der Waals surface area contributed by atoms with E-state index in [9.17, 15) is 27.7 Å². The Hall–Kier alpha value is -3.33. The Kier molecular flexibility index (Phi) is 10.8. The molecule has 1 N–H and O–H groups in total. The molecule has 0 saturated heterocycles. The summed E-state index contributed by atoms with van der Waals surface area (Å²) in [4.78, 5) is 29.3. The van der Waals surface area contributed by atoms with Gasteiger partial charge in [-0.05, 0) is 55.8 Å². The molecule has 242 valence electrons. The molecule has 2 heterocycles. The summed E-state index contributed by atoms with van der Waals surface area (Å²) >= 11 is 15.6. The summed E-state index contributed by atoms with van der Waals surface area (Å²) in [6.07, 6.45) is 2.12. The van der Waals surface area contributed by atoms with Gasteiger partial charge in [0.2, 0.25) is 18.1 Å². The molecule has 1 unspecified atom stereocenters. The number of rotatable bonds is 13. The number of carbonyl (C=O) groups excluding carboxylic acids is 2. The van der Waals surface area contributed by atoms with E-state index >= 15 is 0 Å². The van der Waals surface area contributed by atoms with Crippen LogP contribution in [0.25, 0.3) is 16.3 Å². The lowest BCUT2D eigenvalue weighted by Crippen LogP contribution is -2.48. The minimum Gasteiger partial charge on any atom is -0.748 e. The Morgan fingerprint density at radius 3 is 2.52 bits per heavy atom. The summed E-state index contributed by atoms with van der Waals surface area (Å²) in [6, 6.07) is 19.0. The van der Waals surface area contributed by atoms with Gasteiger partial charge in [0.25, 0.3) is 5.01 Å². The highest BCUT2D eigenvalue weighted by Gasteiger charge is 2.29. The molecule has 0 saturated carbocycles. The number of nitrogens with one attached hydrogen (secondary N) is 1. The highest BCUT2D eigenvalue weighted by atomic mass is 35.5. The first kappa shape index (κ1) is 34.0. The fourth-order valence-electron chi connectivity index (χ4n) is 5.03. The van der Waals surface area contributed by atoms with Crippen LogP contribution in [0.3, 0.4) is 0 Å². The third kappa shape index (κ3) is 8.33. The van der Waals surface area contributed by atoms with Crippen LogP contribution >= 0.6 is 46.3 Å². The number of thioether (sulfide) groups is 1. The number of nitrogens with zero attached hydrogens (tertiary/aromatic N) is 3. The molecule has 3 aromatic carbocycles. The zero-order chi connectivity index (χ0) is 33.0. The molecular weight excluding hydrogens is 691 g/mol. The van der Waals surface area contributed by atoms with Crippen LogP contribution in [0.4, 0.5) is 11.4 Å². The van der Waals surface area contributed by atoms with Gasteiger partial charge < -0.3 is 29.6 Å². The molecule has 1 amide bonds. The maximum absolute atomic E-state index is 13.1. The van der Waals surface area contributed by atoms with Crippen molar-refractivity contribution in [2.45, 2.75) is 37.4 Å². The number of hydrogen-bond acceptors (Lipinski definition) is 10. The first-order chi connectivity index (χ1) is 21.9. The standard InChI is InChI=1S/C31H30Cl2N4O6S3/c1-20(31(39)40)35(23-6-3-2-4-7-23)14-12-28(38)34-19-37-25-17-22(33)9-11-27(25)45-30(37)18-29-36(13-5-15-46(41,42)43)24-16-21(32)8-10-26(24)44-29/h2-4,6-11,16-18,20H,5,12-15,19H2,1H3,(H2-,34,38,39,40,41,42,43)/p-1. The average molecular weight is 721 g/mol. The lowest BCUT2D eigenvalue weighted by atomic mass is 10.2. The number of anilines is 2. The first-order valence-corrected chi connectivity index (χ1v) is 18.2. The Morgan fingerprint density at radius 2 is 1.80 bits per heavy atom. The van der Waals surface area contributed by atoms with E-state index in [1.165, 1.54) is 30.0 Å². The average Bonchev–Trinajstić information content (AvgIpc) is 3.52. The highest BCUT2D eigenvalue weighted by molar-refractivity contribution is 8.03. The predicted octanol–water partition coefficient (Wildman–Crippen LogP) is 4.45. The molecule has 0 radical (unpaired) electrons. The van der Waals surface area contributed by atoms with Crippen molar-refractivity contribution >= 4 is 96.0 Å². The Bertz CT molecular complexity index is 1900. The topological polar surface area (TPSA) is 137 Å². The van der Waals surface area contributed by atoms with Crippen LogP contribution in [0.5, 0.6) is 0 Å². The van der Waals surface area contributed by atoms with Crippen molar-refractivity contribution in [3.05, 3.63) is 86.8 Å². The molecule has 5 rings (SSSR count). The minimum atomic E-state index is -4.38. The summed E-state index contributed by atoms with van der Waals surface area (Å²) in [6.45, 7) is 2.07. The number of hydrogen-bond donors (Lipinski definition) is 1. The van der Waals surface area contributed by atoms with Gasteiger partial charge in [-0.2, -0.15) is 4.57 Å². The van der Waals surface area contributed by atoms with Crippen LogP contribution in [-0.4, -0.2) is 49.7 Å². The van der Waals surface area contributed by atoms with E-state index in [0.29, 0.717) is 15.7 Å². The number of halogens is 2. The van der Waals surface area contributed by atoms with Crippen molar-refractivity contribution in [2.75, 3.05) is 28.6 Å². The summed E-state index contributed by atoms with van der Waals surface area (Å²) in [5.74, 6) is -2.01. The number of thiazole rings is 1. The Balaban J connectivity index is 1.39. The second-order valence-electron chi connectivity index (χ2n) is 10.5. The van der Waals surface area contributed by atoms with Crippen molar-refractivity contribution in [1.82, 2.24) is 5.32 Å². The maximum Gasteiger partial charge on any atom is 0.267 e. The van der Waals surface area contributed by atoms with E-state index in [-0.39, 0.29) is 38.5 Å². The SMILES string of the molecule is CC(C(=O)[O-])N(CCC(=O)NC[n+]1c(/C=C2\Sc3ccc(Cl)cc3N2CCCS(=O)(=O)[O-])sc2ccc(Cl)cc21)c1ccccc1. The fraction of sp³-hybridized carbons (Fsp3) is 0.258. The van der Waals surface area contributed by atoms with E-state index < -0.39 is 27.9 Å². The third-order valence-corrected chi connectivity index (χ3v) is 10.8. The van der Waals surface area contributed by atoms with Gasteiger partial charge in [-0.25, -0.2) is 8.42 Å². The molecule has 1 aromatic heterocycles. The van der Waals surface area contributed by atoms with Crippen LogP contribution in [-0.2, 0) is 26.4 Å². The van der Waals surface area contributed by atoms with Gasteiger partial charge in [0.05, 0.1) is 38.9 Å². The lowest BCUT2D eigenvalue weighted by Gasteiger charge is -2.31. The number of para-hydroxylation sites is 1.